The van der Waals surface area contributed by atoms with Crippen LogP contribution in [0.3, 0.4) is 0 Å². The lowest BCUT2D eigenvalue weighted by Crippen LogP contribution is -2.24. The highest BCUT2D eigenvalue weighted by molar-refractivity contribution is 6.20. The minimum atomic E-state index is 0. The lowest BCUT2D eigenvalue weighted by atomic mass is 10.2. The minimum absolute atomic E-state index is 0. The van der Waals surface area contributed by atoms with Gasteiger partial charge in [-0.2, -0.15) is 0 Å². The van der Waals surface area contributed by atoms with Crippen molar-refractivity contribution in [3.05, 3.63) is 25.1 Å². The number of nitrogens with zero attached hydrogens (tertiary/aromatic N) is 3. The maximum Gasteiger partial charge on any atom is 0.232 e. The molecule has 0 spiro atoms. The van der Waals surface area contributed by atoms with Gasteiger partial charge in [-0.1, -0.05) is 6.08 Å². The molecule has 4 heteroatoms. The maximum absolute atomic E-state index is 7.32. The van der Waals surface area contributed by atoms with Crippen LogP contribution in [0.1, 0.15) is 8.35 Å². The van der Waals surface area contributed by atoms with Crippen LogP contribution in [0, 0.1) is 11.2 Å². The van der Waals surface area contributed by atoms with Crippen molar-refractivity contribution in [3.63, 3.8) is 0 Å². The Balaban J connectivity index is 0. The molecular weight excluding hydrogens is 161 g/mol. The summed E-state index contributed by atoms with van der Waals surface area (Å²) in [7, 11) is 1.43. The van der Waals surface area contributed by atoms with E-state index in [1.54, 1.807) is 5.97 Å². The van der Waals surface area contributed by atoms with Gasteiger partial charge in [0.25, 0.3) is 0 Å². The van der Waals surface area contributed by atoms with Crippen LogP contribution >= 0.6 is 0 Å². The van der Waals surface area contributed by atoms with Crippen molar-refractivity contribution in [1.29, 1.82) is 5.26 Å². The summed E-state index contributed by atoms with van der Waals surface area (Å²) in [6.07, 6.45) is 6.14. The van der Waals surface area contributed by atoms with Crippen LogP contribution in [0.2, 0.25) is 0 Å². The van der Waals surface area contributed by atoms with Gasteiger partial charge in [0, 0.05) is 26.9 Å². The molecule has 0 radical (unpaired) electrons. The van der Waals surface area contributed by atoms with Crippen LogP contribution in [0.4, 0.5) is 0 Å². The Morgan fingerprint density at radius 3 is 2.62 bits per heavy atom. The monoisotopic (exact) mass is 179 g/mol. The molecular formula is C9H18BN3. The summed E-state index contributed by atoms with van der Waals surface area (Å²) in [5, 5.41) is 7.32. The molecule has 1 aliphatic heterocycles. The van der Waals surface area contributed by atoms with E-state index in [0.29, 0.717) is 0 Å². The average molecular weight is 179 g/mol. The van der Waals surface area contributed by atoms with E-state index in [4.69, 9.17) is 5.26 Å². The Kier molecular flexibility index (Phi) is 6.53. The molecule has 0 fully saturated rings. The van der Waals surface area contributed by atoms with Crippen molar-refractivity contribution in [2.24, 2.45) is 0 Å². The van der Waals surface area contributed by atoms with E-state index in [0.717, 1.165) is 19.8 Å². The van der Waals surface area contributed by atoms with E-state index in [1.165, 1.54) is 7.85 Å². The molecule has 1 rings (SSSR count). The molecule has 0 aliphatic carbocycles. The lowest BCUT2D eigenvalue weighted by Gasteiger charge is -2.17. The summed E-state index contributed by atoms with van der Waals surface area (Å²) >= 11 is 0. The van der Waals surface area contributed by atoms with E-state index >= 15 is 0 Å². The van der Waals surface area contributed by atoms with E-state index in [2.05, 4.69) is 35.7 Å². The fraction of sp³-hybridized carbons (Fsp3) is 0.444. The predicted octanol–water partition coefficient (Wildman–Crippen LogP) is 0.585. The van der Waals surface area contributed by atoms with Gasteiger partial charge < -0.3 is 9.80 Å². The molecule has 1 aliphatic rings. The molecule has 0 aromatic carbocycles. The molecule has 0 N–H and O–H groups in total. The lowest BCUT2D eigenvalue weighted by molar-refractivity contribution is 0.291. The van der Waals surface area contributed by atoms with Gasteiger partial charge in [-0.05, 0) is 12.9 Å². The second-order valence-corrected chi connectivity index (χ2v) is 2.63. The van der Waals surface area contributed by atoms with Crippen LogP contribution in [0.25, 0.3) is 0 Å². The molecule has 1 heterocycles. The van der Waals surface area contributed by atoms with Crippen LogP contribution in [0.5, 0.6) is 0 Å². The van der Waals surface area contributed by atoms with E-state index in [-0.39, 0.29) is 1.43 Å². The summed E-state index contributed by atoms with van der Waals surface area (Å²) in [4.78, 5) is 4.47. The van der Waals surface area contributed by atoms with Gasteiger partial charge in [0.05, 0.1) is 6.67 Å². The quantitative estimate of drug-likeness (QED) is 0.469. The first-order valence-corrected chi connectivity index (χ1v) is 4.36. The van der Waals surface area contributed by atoms with E-state index in [1.807, 2.05) is 6.08 Å². The van der Waals surface area contributed by atoms with Crippen molar-refractivity contribution < 1.29 is 1.43 Å². The Labute approximate surface area is 82.8 Å². The van der Waals surface area contributed by atoms with Crippen molar-refractivity contribution in [2.45, 2.75) is 6.92 Å². The summed E-state index contributed by atoms with van der Waals surface area (Å²) in [5.41, 5.74) is 0. The fourth-order valence-corrected chi connectivity index (χ4v) is 1.01. The molecule has 0 amide bonds. The van der Waals surface area contributed by atoms with Gasteiger partial charge in [0.15, 0.2) is 0 Å². The Hall–Kier alpha value is -1.37. The van der Waals surface area contributed by atoms with Crippen LogP contribution in [-0.2, 0) is 0 Å². The third-order valence-electron chi connectivity index (χ3n) is 1.62. The highest BCUT2D eigenvalue weighted by Gasteiger charge is 2.06. The first kappa shape index (κ1) is 11.6. The molecule has 0 saturated carbocycles. The van der Waals surface area contributed by atoms with Gasteiger partial charge in [-0.3, -0.25) is 0 Å². The zero-order chi connectivity index (χ0) is 10.1. The third-order valence-corrected chi connectivity index (χ3v) is 1.62. The second kappa shape index (κ2) is 7.29. The second-order valence-electron chi connectivity index (χ2n) is 2.63. The average Bonchev–Trinajstić information content (AvgIpc) is 2.54. The summed E-state index contributed by atoms with van der Waals surface area (Å²) in [5.74, 6) is 1.75. The molecule has 0 unspecified atom stereocenters. The number of hydrogen-bond acceptors (Lipinski definition) is 3. The standard InChI is InChI=1S/C8H14N2.CH2BN.H2/c1-3-5-10-7-6-9(4-2)8-10;2-1-3;/h3,6-7H,1,4-5,8H2,2H3;2H2;1H. The van der Waals surface area contributed by atoms with Crippen LogP contribution in [0.15, 0.2) is 25.1 Å². The molecule has 0 aromatic rings. The highest BCUT2D eigenvalue weighted by atomic mass is 15.3. The van der Waals surface area contributed by atoms with E-state index < -0.39 is 0 Å². The zero-order valence-electron chi connectivity index (χ0n) is 8.40. The van der Waals surface area contributed by atoms with Crippen molar-refractivity contribution in [1.82, 2.24) is 9.80 Å². The zero-order valence-corrected chi connectivity index (χ0v) is 8.40. The maximum atomic E-state index is 7.32. The molecule has 0 saturated heterocycles. The van der Waals surface area contributed by atoms with Crippen molar-refractivity contribution in [2.75, 3.05) is 19.8 Å². The van der Waals surface area contributed by atoms with Crippen molar-refractivity contribution >= 4 is 7.85 Å². The van der Waals surface area contributed by atoms with Gasteiger partial charge in [-0.15, -0.1) is 6.58 Å². The van der Waals surface area contributed by atoms with Gasteiger partial charge in [0.1, 0.15) is 0 Å². The Morgan fingerprint density at radius 2 is 2.23 bits per heavy atom. The van der Waals surface area contributed by atoms with Gasteiger partial charge in [0.2, 0.25) is 7.85 Å². The minimum Gasteiger partial charge on any atom is -0.359 e. The smallest absolute Gasteiger partial charge is 0.232 e. The fourth-order valence-electron chi connectivity index (χ4n) is 1.01. The van der Waals surface area contributed by atoms with Crippen LogP contribution < -0.4 is 0 Å². The summed E-state index contributed by atoms with van der Waals surface area (Å²) in [6, 6.07) is 0. The predicted molar refractivity (Wildman–Crippen MR) is 59.6 cm³/mol. The molecule has 0 aromatic heterocycles. The van der Waals surface area contributed by atoms with Gasteiger partial charge in [-0.25, -0.2) is 5.26 Å². The Morgan fingerprint density at radius 1 is 1.69 bits per heavy atom. The van der Waals surface area contributed by atoms with E-state index in [9.17, 15) is 0 Å². The Bertz CT molecular complexity index is 213. The first-order chi connectivity index (χ1) is 6.28. The third kappa shape index (κ3) is 4.97. The topological polar surface area (TPSA) is 30.3 Å². The number of rotatable bonds is 3. The molecule has 3 nitrogen and oxygen atoms in total. The van der Waals surface area contributed by atoms with Crippen LogP contribution in [-0.4, -0.2) is 37.4 Å². The first-order valence-electron chi connectivity index (χ1n) is 4.36. The molecule has 0 bridgehead atoms. The normalized spacial score (nSPS) is 13.2. The summed E-state index contributed by atoms with van der Waals surface area (Å²) in [6.45, 7) is 8.89. The number of hydrogen-bond donors (Lipinski definition) is 0. The SMILES string of the molecule is BC#N.C=CCN1C=CN(CC)C1.[HH]. The molecule has 13 heavy (non-hydrogen) atoms. The molecule has 0 atom stereocenters. The number of nitriles is 1. The van der Waals surface area contributed by atoms with Gasteiger partial charge >= 0.3 is 0 Å². The summed E-state index contributed by atoms with van der Waals surface area (Å²) < 4.78 is 0. The van der Waals surface area contributed by atoms with Crippen molar-refractivity contribution in [3.8, 4) is 5.97 Å². The highest BCUT2D eigenvalue weighted by Crippen LogP contribution is 2.04. The largest absolute Gasteiger partial charge is 0.359 e. The molecule has 72 valence electrons.